The Labute approximate surface area is 102 Å². The van der Waals surface area contributed by atoms with Gasteiger partial charge in [0, 0.05) is 16.6 Å². The monoisotopic (exact) mass is 228 g/mol. The molecule has 0 saturated carbocycles. The molecule has 1 aromatic carbocycles. The molecule has 88 valence electrons. The SMILES string of the molecule is C#CCN(C)C(C)Cc1ccc(N=[N+]=[N-])cc1. The Hall–Kier alpha value is -1.95. The van der Waals surface area contributed by atoms with Crippen molar-refractivity contribution in [1.29, 1.82) is 0 Å². The Morgan fingerprint density at radius 1 is 1.47 bits per heavy atom. The van der Waals surface area contributed by atoms with Crippen molar-refractivity contribution in [3.8, 4) is 12.3 Å². The van der Waals surface area contributed by atoms with Crippen LogP contribution in [0.1, 0.15) is 12.5 Å². The lowest BCUT2D eigenvalue weighted by Gasteiger charge is -2.22. The van der Waals surface area contributed by atoms with E-state index in [1.807, 2.05) is 31.3 Å². The first-order chi connectivity index (χ1) is 8.17. The van der Waals surface area contributed by atoms with E-state index in [9.17, 15) is 0 Å². The van der Waals surface area contributed by atoms with Crippen LogP contribution < -0.4 is 0 Å². The lowest BCUT2D eigenvalue weighted by atomic mass is 10.1. The van der Waals surface area contributed by atoms with Crippen LogP contribution in [0, 0.1) is 12.3 Å². The molecule has 0 aliphatic heterocycles. The summed E-state index contributed by atoms with van der Waals surface area (Å²) in [6.07, 6.45) is 6.20. The molecule has 1 atom stereocenters. The van der Waals surface area contributed by atoms with Gasteiger partial charge in [-0.3, -0.25) is 4.90 Å². The summed E-state index contributed by atoms with van der Waals surface area (Å²) < 4.78 is 0. The van der Waals surface area contributed by atoms with Crippen molar-refractivity contribution in [3.05, 3.63) is 40.3 Å². The van der Waals surface area contributed by atoms with E-state index in [1.165, 1.54) is 5.56 Å². The van der Waals surface area contributed by atoms with Gasteiger partial charge in [-0.1, -0.05) is 35.3 Å². The van der Waals surface area contributed by atoms with E-state index >= 15 is 0 Å². The molecule has 1 aromatic rings. The predicted molar refractivity (Wildman–Crippen MR) is 69.9 cm³/mol. The van der Waals surface area contributed by atoms with Crippen molar-refractivity contribution in [2.24, 2.45) is 5.11 Å². The van der Waals surface area contributed by atoms with Crippen LogP contribution in [0.5, 0.6) is 0 Å². The van der Waals surface area contributed by atoms with Crippen LogP contribution in [-0.2, 0) is 6.42 Å². The molecular weight excluding hydrogens is 212 g/mol. The second-order valence-electron chi connectivity index (χ2n) is 4.03. The van der Waals surface area contributed by atoms with E-state index in [1.54, 1.807) is 0 Å². The molecule has 0 aromatic heterocycles. The fraction of sp³-hybridized carbons (Fsp3) is 0.385. The molecule has 0 spiro atoms. The molecule has 1 unspecified atom stereocenters. The fourth-order valence-corrected chi connectivity index (χ4v) is 1.55. The number of nitrogens with zero attached hydrogens (tertiary/aromatic N) is 4. The average molecular weight is 228 g/mol. The maximum atomic E-state index is 8.30. The number of hydrogen-bond acceptors (Lipinski definition) is 2. The van der Waals surface area contributed by atoms with Crippen molar-refractivity contribution in [1.82, 2.24) is 4.90 Å². The highest BCUT2D eigenvalue weighted by molar-refractivity contribution is 5.38. The van der Waals surface area contributed by atoms with Crippen molar-refractivity contribution in [2.45, 2.75) is 19.4 Å². The van der Waals surface area contributed by atoms with Crippen LogP contribution in [0.2, 0.25) is 0 Å². The van der Waals surface area contributed by atoms with Crippen molar-refractivity contribution in [3.63, 3.8) is 0 Å². The Bertz CT molecular complexity index is 437. The average Bonchev–Trinajstić information content (AvgIpc) is 2.32. The number of terminal acetylenes is 1. The molecule has 4 heteroatoms. The third-order valence-electron chi connectivity index (χ3n) is 2.72. The number of likely N-dealkylation sites (N-methyl/N-ethyl adjacent to an activating group) is 1. The smallest absolute Gasteiger partial charge is 0.0598 e. The minimum atomic E-state index is 0.386. The summed E-state index contributed by atoms with van der Waals surface area (Å²) in [5.74, 6) is 2.63. The first-order valence-corrected chi connectivity index (χ1v) is 5.45. The third kappa shape index (κ3) is 4.20. The van der Waals surface area contributed by atoms with E-state index in [-0.39, 0.29) is 0 Å². The summed E-state index contributed by atoms with van der Waals surface area (Å²) in [5, 5.41) is 3.54. The first kappa shape index (κ1) is 13.1. The minimum Gasteiger partial charge on any atom is -0.292 e. The molecule has 0 aliphatic carbocycles. The molecule has 0 heterocycles. The van der Waals surface area contributed by atoms with E-state index in [4.69, 9.17) is 12.0 Å². The van der Waals surface area contributed by atoms with Crippen molar-refractivity contribution >= 4 is 5.69 Å². The number of hydrogen-bond donors (Lipinski definition) is 0. The van der Waals surface area contributed by atoms with Gasteiger partial charge in [0.15, 0.2) is 0 Å². The second kappa shape index (κ2) is 6.59. The van der Waals surface area contributed by atoms with Crippen molar-refractivity contribution in [2.75, 3.05) is 13.6 Å². The molecular formula is C13H16N4. The molecule has 0 amide bonds. The number of azide groups is 1. The molecule has 17 heavy (non-hydrogen) atoms. The summed E-state index contributed by atoms with van der Waals surface area (Å²) in [5.41, 5.74) is 10.1. The third-order valence-corrected chi connectivity index (χ3v) is 2.72. The number of rotatable bonds is 5. The Balaban J connectivity index is 2.63. The van der Waals surface area contributed by atoms with Crippen LogP contribution in [0.25, 0.3) is 10.4 Å². The fourth-order valence-electron chi connectivity index (χ4n) is 1.55. The molecule has 4 nitrogen and oxygen atoms in total. The van der Waals surface area contributed by atoms with Crippen LogP contribution >= 0.6 is 0 Å². The Morgan fingerprint density at radius 3 is 2.65 bits per heavy atom. The van der Waals surface area contributed by atoms with Crippen LogP contribution in [0.3, 0.4) is 0 Å². The van der Waals surface area contributed by atoms with Gasteiger partial charge in [-0.05, 0) is 31.5 Å². The van der Waals surface area contributed by atoms with Gasteiger partial charge in [-0.15, -0.1) is 6.42 Å². The van der Waals surface area contributed by atoms with Gasteiger partial charge in [0.25, 0.3) is 0 Å². The van der Waals surface area contributed by atoms with E-state index in [2.05, 4.69) is 27.8 Å². The van der Waals surface area contributed by atoms with Gasteiger partial charge in [0.2, 0.25) is 0 Å². The zero-order valence-corrected chi connectivity index (χ0v) is 10.2. The molecule has 0 saturated heterocycles. The highest BCUT2D eigenvalue weighted by Crippen LogP contribution is 2.15. The maximum Gasteiger partial charge on any atom is 0.0598 e. The first-order valence-electron chi connectivity index (χ1n) is 5.45. The summed E-state index contributed by atoms with van der Waals surface area (Å²) in [6, 6.07) is 7.98. The lowest BCUT2D eigenvalue weighted by molar-refractivity contribution is 0.287. The lowest BCUT2D eigenvalue weighted by Crippen LogP contribution is -2.31. The molecule has 0 fully saturated rings. The van der Waals surface area contributed by atoms with Crippen LogP contribution in [-0.4, -0.2) is 24.5 Å². The summed E-state index contributed by atoms with van der Waals surface area (Å²) >= 11 is 0. The topological polar surface area (TPSA) is 52.0 Å². The van der Waals surface area contributed by atoms with Gasteiger partial charge in [0.1, 0.15) is 0 Å². The zero-order chi connectivity index (χ0) is 12.7. The van der Waals surface area contributed by atoms with Crippen molar-refractivity contribution < 1.29 is 0 Å². The van der Waals surface area contributed by atoms with Gasteiger partial charge >= 0.3 is 0 Å². The van der Waals surface area contributed by atoms with E-state index in [0.717, 1.165) is 6.42 Å². The largest absolute Gasteiger partial charge is 0.292 e. The molecule has 0 bridgehead atoms. The van der Waals surface area contributed by atoms with Gasteiger partial charge in [0.05, 0.1) is 6.54 Å². The zero-order valence-electron chi connectivity index (χ0n) is 10.2. The molecule has 0 aliphatic rings. The highest BCUT2D eigenvalue weighted by atomic mass is 15.1. The highest BCUT2D eigenvalue weighted by Gasteiger charge is 2.08. The van der Waals surface area contributed by atoms with Crippen LogP contribution in [0.15, 0.2) is 29.4 Å². The standard InChI is InChI=1S/C13H16N4/c1-4-9-17(3)11(2)10-12-5-7-13(8-6-12)15-16-14/h1,5-8,11H,9-10H2,2-3H3. The van der Waals surface area contributed by atoms with E-state index < -0.39 is 0 Å². The van der Waals surface area contributed by atoms with Gasteiger partial charge in [-0.2, -0.15) is 0 Å². The normalized spacial score (nSPS) is 11.6. The Kier molecular flexibility index (Phi) is 5.09. The molecule has 1 rings (SSSR count). The van der Waals surface area contributed by atoms with E-state index in [0.29, 0.717) is 18.3 Å². The quantitative estimate of drug-likeness (QED) is 0.330. The second-order valence-corrected chi connectivity index (χ2v) is 4.03. The van der Waals surface area contributed by atoms with Gasteiger partial charge < -0.3 is 0 Å². The van der Waals surface area contributed by atoms with Crippen LogP contribution in [0.4, 0.5) is 5.69 Å². The molecule has 0 N–H and O–H groups in total. The maximum absolute atomic E-state index is 8.30. The summed E-state index contributed by atoms with van der Waals surface area (Å²) in [7, 11) is 2.01. The van der Waals surface area contributed by atoms with Gasteiger partial charge in [-0.25, -0.2) is 0 Å². The minimum absolute atomic E-state index is 0.386. The summed E-state index contributed by atoms with van der Waals surface area (Å²) in [4.78, 5) is 4.87. The molecule has 0 radical (unpaired) electrons. The number of benzene rings is 1. The summed E-state index contributed by atoms with van der Waals surface area (Å²) in [6.45, 7) is 2.79. The predicted octanol–water partition coefficient (Wildman–Crippen LogP) is 3.12. The Morgan fingerprint density at radius 2 is 2.12 bits per heavy atom.